The van der Waals surface area contributed by atoms with Crippen LogP contribution in [0, 0.1) is 20.8 Å². The third-order valence-corrected chi connectivity index (χ3v) is 5.96. The highest BCUT2D eigenvalue weighted by Gasteiger charge is 2.22. The van der Waals surface area contributed by atoms with Gasteiger partial charge in [-0.3, -0.25) is 9.13 Å². The van der Waals surface area contributed by atoms with Crippen molar-refractivity contribution in [2.75, 3.05) is 14.2 Å². The molecule has 31 heavy (non-hydrogen) atoms. The molecule has 1 aliphatic rings. The largest absolute Gasteiger partial charge is 0.493 e. The third kappa shape index (κ3) is 3.56. The first-order valence-corrected chi connectivity index (χ1v) is 10.6. The maximum atomic E-state index is 13.4. The minimum atomic E-state index is -0.0402. The molecule has 0 fully saturated rings. The highest BCUT2D eigenvalue weighted by Crippen LogP contribution is 2.37. The predicted octanol–water partition coefficient (Wildman–Crippen LogP) is 4.07. The van der Waals surface area contributed by atoms with Crippen LogP contribution in [0.25, 0.3) is 11.3 Å². The number of nitrogens with zero attached hydrogens (tertiary/aromatic N) is 3. The second-order valence-corrected chi connectivity index (χ2v) is 8.04. The van der Waals surface area contributed by atoms with Crippen LogP contribution < -0.4 is 20.7 Å². The molecule has 1 aliphatic heterocycles. The third-order valence-electron chi connectivity index (χ3n) is 5.96. The molecule has 0 aliphatic carbocycles. The summed E-state index contributed by atoms with van der Waals surface area (Å²) in [4.78, 5) is 18.3. The first-order valence-electron chi connectivity index (χ1n) is 10.6. The Morgan fingerprint density at radius 3 is 2.23 bits per heavy atom. The first kappa shape index (κ1) is 21.0. The Labute approximate surface area is 182 Å². The molecular weight excluding hydrogens is 390 g/mol. The Kier molecular flexibility index (Phi) is 5.48. The monoisotopic (exact) mass is 419 g/mol. The molecule has 2 heterocycles. The van der Waals surface area contributed by atoms with Gasteiger partial charge in [0.2, 0.25) is 0 Å². The maximum absolute atomic E-state index is 13.4. The summed E-state index contributed by atoms with van der Waals surface area (Å²) in [5, 5.41) is 0. The van der Waals surface area contributed by atoms with Gasteiger partial charge in [0.05, 0.1) is 25.6 Å². The Bertz CT molecular complexity index is 1280. The van der Waals surface area contributed by atoms with E-state index < -0.39 is 0 Å². The van der Waals surface area contributed by atoms with Crippen molar-refractivity contribution < 1.29 is 9.47 Å². The van der Waals surface area contributed by atoms with Gasteiger partial charge < -0.3 is 9.47 Å². The van der Waals surface area contributed by atoms with Gasteiger partial charge in [-0.05, 0) is 62.9 Å². The van der Waals surface area contributed by atoms with Gasteiger partial charge in [0, 0.05) is 24.7 Å². The van der Waals surface area contributed by atoms with Gasteiger partial charge in [-0.15, -0.1) is 0 Å². The maximum Gasteiger partial charge on any atom is 0.330 e. The Morgan fingerprint density at radius 2 is 1.61 bits per heavy atom. The molecule has 162 valence electrons. The van der Waals surface area contributed by atoms with Crippen molar-refractivity contribution in [1.82, 2.24) is 9.13 Å². The van der Waals surface area contributed by atoms with E-state index in [1.54, 1.807) is 18.8 Å². The van der Waals surface area contributed by atoms with Gasteiger partial charge in [0.1, 0.15) is 5.49 Å². The van der Waals surface area contributed by atoms with Crippen LogP contribution in [0.3, 0.4) is 0 Å². The van der Waals surface area contributed by atoms with Crippen LogP contribution in [0.15, 0.2) is 40.1 Å². The molecule has 3 aromatic rings. The number of ether oxygens (including phenoxy) is 2. The average Bonchev–Trinajstić information content (AvgIpc) is 2.75. The molecule has 0 N–H and O–H groups in total. The highest BCUT2D eigenvalue weighted by atomic mass is 16.5. The van der Waals surface area contributed by atoms with Crippen LogP contribution in [0.5, 0.6) is 11.5 Å². The van der Waals surface area contributed by atoms with Gasteiger partial charge in [-0.2, -0.15) is 0 Å². The molecule has 0 atom stereocenters. The number of hydrogen-bond donors (Lipinski definition) is 0. The molecule has 0 saturated carbocycles. The summed E-state index contributed by atoms with van der Waals surface area (Å²) < 4.78 is 14.6. The van der Waals surface area contributed by atoms with E-state index in [-0.39, 0.29) is 5.69 Å². The van der Waals surface area contributed by atoms with E-state index in [4.69, 9.17) is 14.5 Å². The van der Waals surface area contributed by atoms with E-state index in [1.165, 1.54) is 5.56 Å². The van der Waals surface area contributed by atoms with Crippen molar-refractivity contribution in [3.05, 3.63) is 68.6 Å². The number of hydrogen-bond acceptors (Lipinski definition) is 4. The second-order valence-electron chi connectivity index (χ2n) is 8.04. The molecule has 0 saturated heterocycles. The second kappa shape index (κ2) is 8.10. The molecule has 6 nitrogen and oxygen atoms in total. The lowest BCUT2D eigenvalue weighted by Crippen LogP contribution is -2.41. The number of benzene rings is 2. The van der Waals surface area contributed by atoms with Gasteiger partial charge in [-0.25, -0.2) is 9.79 Å². The zero-order valence-electron chi connectivity index (χ0n) is 19.1. The zero-order chi connectivity index (χ0) is 22.3. The van der Waals surface area contributed by atoms with Crippen LogP contribution in [0.1, 0.15) is 29.2 Å². The summed E-state index contributed by atoms with van der Waals surface area (Å²) >= 11 is 0. The number of methoxy groups -OCH3 is 2. The van der Waals surface area contributed by atoms with Crippen LogP contribution >= 0.6 is 0 Å². The van der Waals surface area contributed by atoms with E-state index in [0.29, 0.717) is 30.1 Å². The van der Waals surface area contributed by atoms with Crippen molar-refractivity contribution in [3.8, 4) is 22.8 Å². The van der Waals surface area contributed by atoms with Crippen LogP contribution in [0.4, 0.5) is 5.69 Å². The number of aromatic nitrogens is 2. The summed E-state index contributed by atoms with van der Waals surface area (Å²) in [6.07, 6.45) is 0.763. The van der Waals surface area contributed by atoms with E-state index in [1.807, 2.05) is 29.7 Å². The summed E-state index contributed by atoms with van der Waals surface area (Å²) in [5.41, 5.74) is 7.93. The normalized spacial score (nSPS) is 13.0. The minimum Gasteiger partial charge on any atom is -0.493 e. The first-order chi connectivity index (χ1) is 14.9. The zero-order valence-corrected chi connectivity index (χ0v) is 19.1. The lowest BCUT2D eigenvalue weighted by molar-refractivity contribution is 0.354. The Balaban J connectivity index is 2.02. The quantitative estimate of drug-likeness (QED) is 0.641. The van der Waals surface area contributed by atoms with E-state index in [0.717, 1.165) is 40.1 Å². The molecule has 6 heteroatoms. The number of fused-ring (bicyclic) bond motifs is 3. The van der Waals surface area contributed by atoms with Gasteiger partial charge in [-0.1, -0.05) is 17.7 Å². The summed E-state index contributed by atoms with van der Waals surface area (Å²) in [7, 11) is 3.26. The fourth-order valence-corrected chi connectivity index (χ4v) is 4.52. The number of rotatable bonds is 4. The molecule has 2 aromatic carbocycles. The SMILES string of the molecule is CCn1c(=Nc2c(C)cc(C)cc2C)cc2n(c1=O)CCc1cc(OC)c(OC)cc1-2. The van der Waals surface area contributed by atoms with E-state index in [2.05, 4.69) is 32.9 Å². The molecule has 0 amide bonds. The van der Waals surface area contributed by atoms with Gasteiger partial charge in [0.25, 0.3) is 0 Å². The standard InChI is InChI=1S/C25H29N3O3/c1-7-27-23(26-24-16(3)10-15(2)11-17(24)4)14-20-19-13-22(31-6)21(30-5)12-18(19)8-9-28(20)25(27)29/h10-14H,7-9H2,1-6H3. The van der Waals surface area contributed by atoms with Gasteiger partial charge in [0.15, 0.2) is 11.5 Å². The molecule has 0 spiro atoms. The predicted molar refractivity (Wildman–Crippen MR) is 122 cm³/mol. The van der Waals surface area contributed by atoms with E-state index >= 15 is 0 Å². The molecule has 0 unspecified atom stereocenters. The Morgan fingerprint density at radius 1 is 0.968 bits per heavy atom. The topological polar surface area (TPSA) is 57.8 Å². The van der Waals surface area contributed by atoms with Crippen molar-refractivity contribution in [2.45, 2.75) is 47.2 Å². The summed E-state index contributed by atoms with van der Waals surface area (Å²) in [6, 6.07) is 10.2. The van der Waals surface area contributed by atoms with Gasteiger partial charge >= 0.3 is 5.69 Å². The smallest absolute Gasteiger partial charge is 0.330 e. The molecule has 0 bridgehead atoms. The fraction of sp³-hybridized carbons (Fsp3) is 0.360. The number of aryl methyl sites for hydroxylation is 4. The minimum absolute atomic E-state index is 0.0402. The lowest BCUT2D eigenvalue weighted by atomic mass is 9.97. The summed E-state index contributed by atoms with van der Waals surface area (Å²) in [5.74, 6) is 1.35. The molecular formula is C25H29N3O3. The van der Waals surface area contributed by atoms with Crippen LogP contribution in [0.2, 0.25) is 0 Å². The molecule has 4 rings (SSSR count). The fourth-order valence-electron chi connectivity index (χ4n) is 4.52. The van der Waals surface area contributed by atoms with Crippen molar-refractivity contribution in [2.24, 2.45) is 4.99 Å². The van der Waals surface area contributed by atoms with Crippen LogP contribution in [-0.2, 0) is 19.5 Å². The lowest BCUT2D eigenvalue weighted by Gasteiger charge is -2.24. The Hall–Kier alpha value is -3.28. The molecule has 1 aromatic heterocycles. The van der Waals surface area contributed by atoms with Crippen LogP contribution in [-0.4, -0.2) is 23.4 Å². The summed E-state index contributed by atoms with van der Waals surface area (Å²) in [6.45, 7) is 9.37. The van der Waals surface area contributed by atoms with E-state index in [9.17, 15) is 4.79 Å². The van der Waals surface area contributed by atoms with Crippen molar-refractivity contribution >= 4 is 5.69 Å². The van der Waals surface area contributed by atoms with Crippen molar-refractivity contribution in [1.29, 1.82) is 0 Å². The highest BCUT2D eigenvalue weighted by molar-refractivity contribution is 5.70. The molecule has 0 radical (unpaired) electrons. The average molecular weight is 420 g/mol. The van der Waals surface area contributed by atoms with Crippen molar-refractivity contribution in [3.63, 3.8) is 0 Å².